The van der Waals surface area contributed by atoms with Crippen LogP contribution in [0, 0.1) is 6.92 Å². The van der Waals surface area contributed by atoms with Crippen LogP contribution in [-0.4, -0.2) is 16.5 Å². The van der Waals surface area contributed by atoms with Gasteiger partial charge in [-0.25, -0.2) is 4.99 Å². The van der Waals surface area contributed by atoms with Gasteiger partial charge < -0.3 is 0 Å². The summed E-state index contributed by atoms with van der Waals surface area (Å²) in [6.07, 6.45) is 3.58. The number of nitrogens with zero attached hydrogens (tertiary/aromatic N) is 3. The van der Waals surface area contributed by atoms with Crippen LogP contribution in [0.25, 0.3) is 0 Å². The Labute approximate surface area is 154 Å². The summed E-state index contributed by atoms with van der Waals surface area (Å²) in [4.78, 5) is 9.03. The molecule has 1 aliphatic heterocycles. The maximum absolute atomic E-state index is 4.81. The number of fused-ring (bicyclic) bond motifs is 1. The Kier molecular flexibility index (Phi) is 4.15. The number of benzene rings is 2. The molecule has 2 heterocycles. The summed E-state index contributed by atoms with van der Waals surface area (Å²) in [7, 11) is 0. The molecule has 0 fully saturated rings. The topological polar surface area (TPSA) is 49.6 Å². The van der Waals surface area contributed by atoms with Crippen molar-refractivity contribution in [2.24, 2.45) is 10.1 Å². The number of hydrogen-bond acceptors (Lipinski definition) is 4. The van der Waals surface area contributed by atoms with Crippen LogP contribution in [0.4, 0.5) is 5.69 Å². The fourth-order valence-corrected chi connectivity index (χ4v) is 2.98. The molecule has 0 amide bonds. The number of pyridine rings is 1. The molecule has 25 heavy (non-hydrogen) atoms. The number of hydrazone groups is 1. The maximum atomic E-state index is 4.81. The molecule has 0 bridgehead atoms. The van der Waals surface area contributed by atoms with Crippen molar-refractivity contribution in [2.45, 2.75) is 6.92 Å². The Bertz CT molecular complexity index is 976. The van der Waals surface area contributed by atoms with Crippen LogP contribution >= 0.6 is 15.9 Å². The average molecular weight is 391 g/mol. The molecule has 1 N–H and O–H groups in total. The smallest absolute Gasteiger partial charge is 0.154 e. The van der Waals surface area contributed by atoms with E-state index in [9.17, 15) is 0 Å². The van der Waals surface area contributed by atoms with Gasteiger partial charge in [0.25, 0.3) is 0 Å². The van der Waals surface area contributed by atoms with Crippen LogP contribution < -0.4 is 5.43 Å². The third kappa shape index (κ3) is 3.23. The zero-order valence-electron chi connectivity index (χ0n) is 13.6. The summed E-state index contributed by atoms with van der Waals surface area (Å²) in [5.74, 6) is 0.719. The SMILES string of the molecule is Cc1ccc2c(c1)C(c1cccnc1)=NNC(c1ccc(Br)cc1)=N2. The highest BCUT2D eigenvalue weighted by Crippen LogP contribution is 2.26. The van der Waals surface area contributed by atoms with Gasteiger partial charge in [-0.3, -0.25) is 10.4 Å². The lowest BCUT2D eigenvalue weighted by Gasteiger charge is -2.08. The summed E-state index contributed by atoms with van der Waals surface area (Å²) in [5, 5.41) is 4.64. The van der Waals surface area contributed by atoms with Crippen molar-refractivity contribution < 1.29 is 0 Å². The number of hydrogen-bond donors (Lipinski definition) is 1. The largest absolute Gasteiger partial charge is 0.264 e. The minimum atomic E-state index is 0.719. The molecule has 5 heteroatoms. The Balaban J connectivity index is 1.87. The van der Waals surface area contributed by atoms with E-state index in [2.05, 4.69) is 50.5 Å². The average Bonchev–Trinajstić information content (AvgIpc) is 2.82. The molecule has 1 aliphatic rings. The van der Waals surface area contributed by atoms with Gasteiger partial charge in [-0.2, -0.15) is 5.10 Å². The number of rotatable bonds is 2. The zero-order chi connectivity index (χ0) is 17.2. The lowest BCUT2D eigenvalue weighted by atomic mass is 10.0. The van der Waals surface area contributed by atoms with E-state index < -0.39 is 0 Å². The number of nitrogens with one attached hydrogen (secondary N) is 1. The van der Waals surface area contributed by atoms with Crippen LogP contribution in [0.5, 0.6) is 0 Å². The predicted molar refractivity (Wildman–Crippen MR) is 105 cm³/mol. The quantitative estimate of drug-likeness (QED) is 0.695. The Morgan fingerprint density at radius 3 is 2.56 bits per heavy atom. The van der Waals surface area contributed by atoms with Crippen LogP contribution in [0.15, 0.2) is 81.6 Å². The van der Waals surface area contributed by atoms with Gasteiger partial charge in [0.1, 0.15) is 5.71 Å². The third-order valence-electron chi connectivity index (χ3n) is 3.97. The first-order valence-electron chi connectivity index (χ1n) is 7.90. The lowest BCUT2D eigenvalue weighted by molar-refractivity contribution is 1.03. The number of aryl methyl sites for hydroxylation is 1. The van der Waals surface area contributed by atoms with Crippen molar-refractivity contribution in [1.82, 2.24) is 10.4 Å². The molecule has 4 rings (SSSR count). The molecule has 4 nitrogen and oxygen atoms in total. The minimum absolute atomic E-state index is 0.719. The predicted octanol–water partition coefficient (Wildman–Crippen LogP) is 4.59. The minimum Gasteiger partial charge on any atom is -0.264 e. The van der Waals surface area contributed by atoms with E-state index in [0.717, 1.165) is 44.0 Å². The highest BCUT2D eigenvalue weighted by Gasteiger charge is 2.17. The molecular formula is C20H15BrN4. The first-order valence-corrected chi connectivity index (χ1v) is 8.70. The van der Waals surface area contributed by atoms with E-state index in [1.807, 2.05) is 48.7 Å². The second kappa shape index (κ2) is 6.61. The second-order valence-electron chi connectivity index (χ2n) is 5.80. The highest BCUT2D eigenvalue weighted by atomic mass is 79.9. The number of aliphatic imine (C=N–C) groups is 1. The van der Waals surface area contributed by atoms with E-state index in [-0.39, 0.29) is 0 Å². The fraction of sp³-hybridized carbons (Fsp3) is 0.0500. The highest BCUT2D eigenvalue weighted by molar-refractivity contribution is 9.10. The van der Waals surface area contributed by atoms with Gasteiger partial charge in [0.2, 0.25) is 0 Å². The Morgan fingerprint density at radius 1 is 0.960 bits per heavy atom. The summed E-state index contributed by atoms with van der Waals surface area (Å²) < 4.78 is 1.03. The third-order valence-corrected chi connectivity index (χ3v) is 4.49. The van der Waals surface area contributed by atoms with Gasteiger partial charge >= 0.3 is 0 Å². The van der Waals surface area contributed by atoms with Gasteiger partial charge in [-0.1, -0.05) is 39.7 Å². The Hall–Kier alpha value is -2.79. The first-order chi connectivity index (χ1) is 12.2. The van der Waals surface area contributed by atoms with Gasteiger partial charge in [-0.05, 0) is 43.3 Å². The van der Waals surface area contributed by atoms with Crippen molar-refractivity contribution in [3.8, 4) is 0 Å². The van der Waals surface area contributed by atoms with Crippen molar-refractivity contribution >= 4 is 33.2 Å². The molecule has 2 aromatic carbocycles. The van der Waals surface area contributed by atoms with Crippen LogP contribution in [-0.2, 0) is 0 Å². The molecule has 3 aromatic rings. The normalized spacial score (nSPS) is 13.2. The van der Waals surface area contributed by atoms with Crippen molar-refractivity contribution in [3.05, 3.63) is 93.7 Å². The summed E-state index contributed by atoms with van der Waals surface area (Å²) >= 11 is 3.46. The molecule has 0 saturated carbocycles. The number of aromatic nitrogens is 1. The second-order valence-corrected chi connectivity index (χ2v) is 6.72. The van der Waals surface area contributed by atoms with Crippen molar-refractivity contribution in [3.63, 3.8) is 0 Å². The van der Waals surface area contributed by atoms with Crippen molar-refractivity contribution in [2.75, 3.05) is 0 Å². The summed E-state index contributed by atoms with van der Waals surface area (Å²) in [6.45, 7) is 2.07. The van der Waals surface area contributed by atoms with Crippen molar-refractivity contribution in [1.29, 1.82) is 0 Å². The maximum Gasteiger partial charge on any atom is 0.154 e. The molecule has 1 aromatic heterocycles. The van der Waals surface area contributed by atoms with Crippen LogP contribution in [0.2, 0.25) is 0 Å². The summed E-state index contributed by atoms with van der Waals surface area (Å²) in [5.41, 5.74) is 8.94. The number of amidine groups is 1. The molecule has 0 aliphatic carbocycles. The molecule has 0 unspecified atom stereocenters. The number of halogens is 1. The zero-order valence-corrected chi connectivity index (χ0v) is 15.2. The van der Waals surface area contributed by atoms with Gasteiger partial charge in [-0.15, -0.1) is 0 Å². The molecule has 0 saturated heterocycles. The Morgan fingerprint density at radius 2 is 1.80 bits per heavy atom. The molecule has 0 atom stereocenters. The first kappa shape index (κ1) is 15.7. The molecular weight excluding hydrogens is 376 g/mol. The monoisotopic (exact) mass is 390 g/mol. The van der Waals surface area contributed by atoms with E-state index in [1.54, 1.807) is 6.20 Å². The lowest BCUT2D eigenvalue weighted by Crippen LogP contribution is -2.19. The van der Waals surface area contributed by atoms with E-state index >= 15 is 0 Å². The molecule has 0 radical (unpaired) electrons. The standard InChI is InChI=1S/C20H15BrN4/c1-13-4-9-18-17(11-13)19(15-3-2-10-22-12-15)24-25-20(23-18)14-5-7-16(21)8-6-14/h2-12H,1H3,(H,23,25). The summed E-state index contributed by atoms with van der Waals surface area (Å²) in [6, 6.07) is 18.1. The fourth-order valence-electron chi connectivity index (χ4n) is 2.71. The van der Waals surface area contributed by atoms with Crippen LogP contribution in [0.1, 0.15) is 22.3 Å². The molecule has 122 valence electrons. The van der Waals surface area contributed by atoms with Gasteiger partial charge in [0.15, 0.2) is 5.84 Å². The van der Waals surface area contributed by atoms with Gasteiger partial charge in [0, 0.05) is 33.6 Å². The van der Waals surface area contributed by atoms with E-state index in [0.29, 0.717) is 0 Å². The molecule has 0 spiro atoms. The van der Waals surface area contributed by atoms with E-state index in [1.165, 1.54) is 0 Å². The van der Waals surface area contributed by atoms with Crippen LogP contribution in [0.3, 0.4) is 0 Å². The van der Waals surface area contributed by atoms with E-state index in [4.69, 9.17) is 4.99 Å². The van der Waals surface area contributed by atoms with Gasteiger partial charge in [0.05, 0.1) is 5.69 Å².